The molecule has 9 nitrogen and oxygen atoms in total. The van der Waals surface area contributed by atoms with Gasteiger partial charge in [-0.25, -0.2) is 0 Å². The summed E-state index contributed by atoms with van der Waals surface area (Å²) in [7, 11) is 5.92. The number of allylic oxidation sites excluding steroid dienone is 8. The van der Waals surface area contributed by atoms with Crippen LogP contribution in [0, 0.1) is 0 Å². The molecule has 0 saturated heterocycles. The maximum Gasteiger partial charge on any atom is 0.306 e. The van der Waals surface area contributed by atoms with Gasteiger partial charge in [-0.3, -0.25) is 9.59 Å². The number of ether oxygens (including phenoxy) is 4. The zero-order valence-electron chi connectivity index (χ0n) is 47.1. The zero-order chi connectivity index (χ0) is 52.0. The maximum absolute atomic E-state index is 12.8. The minimum Gasteiger partial charge on any atom is -0.545 e. The van der Waals surface area contributed by atoms with E-state index in [-0.39, 0.29) is 32.2 Å². The first-order valence-corrected chi connectivity index (χ1v) is 29.8. The highest BCUT2D eigenvalue weighted by molar-refractivity contribution is 5.70. The average Bonchev–Trinajstić information content (AvgIpc) is 3.34. The molecule has 414 valence electrons. The van der Waals surface area contributed by atoms with E-state index in [2.05, 4.69) is 62.5 Å². The van der Waals surface area contributed by atoms with E-state index in [1.165, 1.54) is 180 Å². The van der Waals surface area contributed by atoms with Gasteiger partial charge < -0.3 is 33.3 Å². The van der Waals surface area contributed by atoms with Crippen LogP contribution < -0.4 is 5.11 Å². The van der Waals surface area contributed by atoms with Gasteiger partial charge in [0.1, 0.15) is 13.2 Å². The molecule has 9 heteroatoms. The summed E-state index contributed by atoms with van der Waals surface area (Å²) in [6, 6.07) is 0. The molecule has 0 aromatic rings. The number of hydrogen-bond acceptors (Lipinski definition) is 8. The van der Waals surface area contributed by atoms with Gasteiger partial charge >= 0.3 is 11.9 Å². The summed E-state index contributed by atoms with van der Waals surface area (Å²) in [6.07, 6.45) is 63.3. The lowest BCUT2D eigenvalue weighted by Crippen LogP contribution is -2.44. The van der Waals surface area contributed by atoms with Crippen LogP contribution in [-0.2, 0) is 33.3 Å². The minimum absolute atomic E-state index is 0.150. The Bertz CT molecular complexity index is 1300. The predicted molar refractivity (Wildman–Crippen MR) is 297 cm³/mol. The highest BCUT2D eigenvalue weighted by Gasteiger charge is 2.22. The lowest BCUT2D eigenvalue weighted by molar-refractivity contribution is -0.870. The fourth-order valence-corrected chi connectivity index (χ4v) is 8.53. The maximum atomic E-state index is 12.8. The third-order valence-electron chi connectivity index (χ3n) is 13.1. The van der Waals surface area contributed by atoms with Crippen LogP contribution in [-0.4, -0.2) is 82.3 Å². The number of hydrogen-bond donors (Lipinski definition) is 0. The lowest BCUT2D eigenvalue weighted by atomic mass is 10.0. The summed E-state index contributed by atoms with van der Waals surface area (Å²) in [5.74, 6) is -2.27. The fraction of sp³-hybridized carbons (Fsp3) is 0.823. The van der Waals surface area contributed by atoms with Gasteiger partial charge in [0, 0.05) is 12.8 Å². The second kappa shape index (κ2) is 53.5. The van der Waals surface area contributed by atoms with Crippen LogP contribution in [0.15, 0.2) is 48.6 Å². The molecule has 0 heterocycles. The Morgan fingerprint density at radius 1 is 0.437 bits per heavy atom. The molecule has 0 spiro atoms. The van der Waals surface area contributed by atoms with Crippen LogP contribution >= 0.6 is 0 Å². The quantitative estimate of drug-likeness (QED) is 0.0195. The molecule has 2 unspecified atom stereocenters. The predicted octanol–water partition coefficient (Wildman–Crippen LogP) is 16.1. The summed E-state index contributed by atoms with van der Waals surface area (Å²) in [4.78, 5) is 37.1. The third kappa shape index (κ3) is 54.9. The molecule has 2 atom stereocenters. The van der Waals surface area contributed by atoms with Crippen molar-refractivity contribution in [3.05, 3.63) is 48.6 Å². The molecule has 0 amide bonds. The van der Waals surface area contributed by atoms with Crippen molar-refractivity contribution in [3.63, 3.8) is 0 Å². The van der Waals surface area contributed by atoms with E-state index in [0.717, 1.165) is 64.2 Å². The summed E-state index contributed by atoms with van der Waals surface area (Å²) >= 11 is 0. The second-order valence-electron chi connectivity index (χ2n) is 21.3. The number of unbranched alkanes of at least 4 members (excludes halogenated alkanes) is 32. The fourth-order valence-electron chi connectivity index (χ4n) is 8.53. The molecule has 0 fully saturated rings. The molecule has 0 rings (SSSR count). The van der Waals surface area contributed by atoms with Crippen LogP contribution in [0.5, 0.6) is 0 Å². The number of quaternary nitrogens is 1. The number of nitrogens with zero attached hydrogens (tertiary/aromatic N) is 1. The van der Waals surface area contributed by atoms with Crippen LogP contribution in [0.3, 0.4) is 0 Å². The average molecular weight is 1000 g/mol. The number of likely N-dealkylation sites (N-methyl/N-ethyl adjacent to an activating group) is 1. The molecule has 0 bridgehead atoms. The van der Waals surface area contributed by atoms with Gasteiger partial charge in [0.15, 0.2) is 12.4 Å². The first-order chi connectivity index (χ1) is 34.6. The molecule has 0 aliphatic carbocycles. The van der Waals surface area contributed by atoms with Crippen LogP contribution in [0.2, 0.25) is 0 Å². The molecule has 0 aromatic carbocycles. The number of esters is 2. The minimum atomic E-state index is -1.62. The van der Waals surface area contributed by atoms with Crippen LogP contribution in [0.25, 0.3) is 0 Å². The number of aliphatic carboxylic acids is 1. The molecular weight excluding hydrogens is 887 g/mol. The van der Waals surface area contributed by atoms with Crippen molar-refractivity contribution in [2.45, 2.75) is 283 Å². The van der Waals surface area contributed by atoms with Crippen molar-refractivity contribution in [3.8, 4) is 0 Å². The van der Waals surface area contributed by atoms with Crippen LogP contribution in [0.4, 0.5) is 0 Å². The third-order valence-corrected chi connectivity index (χ3v) is 13.1. The van der Waals surface area contributed by atoms with Gasteiger partial charge in [-0.2, -0.15) is 0 Å². The largest absolute Gasteiger partial charge is 0.545 e. The van der Waals surface area contributed by atoms with E-state index < -0.39 is 24.3 Å². The van der Waals surface area contributed by atoms with Crippen molar-refractivity contribution < 1.29 is 42.9 Å². The number of carbonyl (C=O) groups excluding carboxylic acids is 3. The highest BCUT2D eigenvalue weighted by atomic mass is 16.7. The van der Waals surface area contributed by atoms with E-state index in [4.69, 9.17) is 18.9 Å². The van der Waals surface area contributed by atoms with Gasteiger partial charge in [0.2, 0.25) is 0 Å². The smallest absolute Gasteiger partial charge is 0.306 e. The molecule has 0 saturated carbocycles. The molecule has 71 heavy (non-hydrogen) atoms. The molecule has 0 aliphatic heterocycles. The van der Waals surface area contributed by atoms with Crippen molar-refractivity contribution in [2.24, 2.45) is 0 Å². The molecule has 0 aromatic heterocycles. The van der Waals surface area contributed by atoms with Crippen molar-refractivity contribution in [2.75, 3.05) is 47.5 Å². The summed E-state index contributed by atoms with van der Waals surface area (Å²) in [5, 5.41) is 11.7. The zero-order valence-corrected chi connectivity index (χ0v) is 47.1. The Kier molecular flexibility index (Phi) is 51.5. The van der Waals surface area contributed by atoms with E-state index in [0.29, 0.717) is 17.4 Å². The SMILES string of the molecule is CC/C=C\C/C=C\C/C=C\C/C=C\CCCCCCCCCCCCCCCCCCCCCCCCC(=O)OC(COC(=O)CCCCCCCCCCCCC)COC(OCC[N+](C)(C)C)C(=O)[O-]. The topological polar surface area (TPSA) is 111 Å². The van der Waals surface area contributed by atoms with Gasteiger partial charge in [-0.05, 0) is 51.4 Å². The van der Waals surface area contributed by atoms with Gasteiger partial charge in [-0.15, -0.1) is 0 Å². The summed E-state index contributed by atoms with van der Waals surface area (Å²) in [5.41, 5.74) is 0. The van der Waals surface area contributed by atoms with Crippen LogP contribution in [0.1, 0.15) is 271 Å². The van der Waals surface area contributed by atoms with Crippen molar-refractivity contribution in [1.29, 1.82) is 0 Å². The van der Waals surface area contributed by atoms with E-state index in [1.54, 1.807) is 0 Å². The Labute approximate surface area is 438 Å². The van der Waals surface area contributed by atoms with Gasteiger partial charge in [-0.1, -0.05) is 255 Å². The number of carbonyl (C=O) groups is 3. The highest BCUT2D eigenvalue weighted by Crippen LogP contribution is 2.17. The Morgan fingerprint density at radius 2 is 0.803 bits per heavy atom. The Balaban J connectivity index is 3.98. The number of carboxylic acids is 1. The Morgan fingerprint density at radius 3 is 1.20 bits per heavy atom. The summed E-state index contributed by atoms with van der Waals surface area (Å²) < 4.78 is 22.7. The van der Waals surface area contributed by atoms with Gasteiger partial charge in [0.05, 0.1) is 40.3 Å². The van der Waals surface area contributed by atoms with Crippen molar-refractivity contribution >= 4 is 17.9 Å². The van der Waals surface area contributed by atoms with E-state index in [1.807, 2.05) is 21.1 Å². The number of rotatable bonds is 55. The van der Waals surface area contributed by atoms with E-state index in [9.17, 15) is 19.5 Å². The molecule has 0 N–H and O–H groups in total. The molecular formula is C62H113NO8. The normalized spacial score (nSPS) is 13.1. The first kappa shape index (κ1) is 68.2. The first-order valence-electron chi connectivity index (χ1n) is 29.8. The molecule has 0 radical (unpaired) electrons. The second-order valence-corrected chi connectivity index (χ2v) is 21.3. The van der Waals surface area contributed by atoms with E-state index >= 15 is 0 Å². The van der Waals surface area contributed by atoms with Gasteiger partial charge in [0.25, 0.3) is 0 Å². The van der Waals surface area contributed by atoms with Crippen molar-refractivity contribution in [1.82, 2.24) is 0 Å². The number of carboxylic acid groups (broad SMARTS) is 1. The summed E-state index contributed by atoms with van der Waals surface area (Å²) in [6.45, 7) is 4.65. The monoisotopic (exact) mass is 1000 g/mol. The standard InChI is InChI=1S/C62H113NO8/c1-6-8-10-12-14-16-18-19-20-21-22-23-24-25-26-27-28-29-30-31-32-33-34-35-36-37-38-39-40-41-43-45-47-49-51-53-60(65)71-58(57-70-62(61(66)67)68-55-54-63(3,4)5)56-69-59(64)52-50-48-46-44-42-17-15-13-11-9-7-2/h8,10,14,16,19-20,22-23,58,62H,6-7,9,11-13,15,17-18,21,24-57H2,1-5H3/b10-8-,16-14-,20-19-,23-22-. The molecule has 0 aliphatic rings. The lowest BCUT2D eigenvalue weighted by Gasteiger charge is -2.26. The Hall–Kier alpha value is -2.75.